The SMILES string of the molecule is C=C[C@@]1(O[Si](CC)(CC)CC)[C@@H]2[C@H](CCCCC/C=C/C)[C@@H](CCO[Si](CC)(CC)CC)[C@H]1C(=O)[C@@H]2C(O)CCO[Si](c1ccccc1)(c1ccccc1)C(C)(C)C. The Balaban J connectivity index is 1.74. The van der Waals surface area contributed by atoms with Crippen LogP contribution in [0.2, 0.25) is 41.3 Å². The highest BCUT2D eigenvalue weighted by molar-refractivity contribution is 6.99. The summed E-state index contributed by atoms with van der Waals surface area (Å²) in [6.07, 6.45) is 12.5. The fourth-order valence-corrected chi connectivity index (χ4v) is 21.7. The van der Waals surface area contributed by atoms with Crippen molar-refractivity contribution in [2.45, 2.75) is 167 Å². The highest BCUT2D eigenvalue weighted by Gasteiger charge is 2.72. The van der Waals surface area contributed by atoms with Crippen LogP contribution in [0.25, 0.3) is 0 Å². The molecule has 0 spiro atoms. The second-order valence-electron chi connectivity index (χ2n) is 18.6. The molecule has 0 amide bonds. The van der Waals surface area contributed by atoms with Gasteiger partial charge < -0.3 is 18.4 Å². The first-order chi connectivity index (χ1) is 27.8. The maximum absolute atomic E-state index is 15.3. The molecule has 2 aromatic rings. The predicted molar refractivity (Wildman–Crippen MR) is 254 cm³/mol. The van der Waals surface area contributed by atoms with E-state index in [1.54, 1.807) is 0 Å². The second kappa shape index (κ2) is 21.7. The summed E-state index contributed by atoms with van der Waals surface area (Å²) in [5.74, 6) is -0.356. The molecule has 2 bridgehead atoms. The van der Waals surface area contributed by atoms with Crippen LogP contribution in [0.4, 0.5) is 0 Å². The molecular weight excluding hydrogens is 765 g/mol. The summed E-state index contributed by atoms with van der Waals surface area (Å²) in [5, 5.41) is 14.8. The number of rotatable bonds is 26. The summed E-state index contributed by atoms with van der Waals surface area (Å²) in [6, 6.07) is 27.8. The number of carbonyl (C=O) groups is 1. The van der Waals surface area contributed by atoms with Gasteiger partial charge in [0, 0.05) is 19.1 Å². The minimum atomic E-state index is -2.81. The molecule has 2 aliphatic rings. The van der Waals surface area contributed by atoms with Crippen molar-refractivity contribution >= 4 is 41.1 Å². The van der Waals surface area contributed by atoms with Gasteiger partial charge in [-0.05, 0) is 103 Å². The zero-order valence-electron chi connectivity index (χ0n) is 38.4. The zero-order chi connectivity index (χ0) is 42.6. The Morgan fingerprint density at radius 3 is 1.79 bits per heavy atom. The van der Waals surface area contributed by atoms with Crippen molar-refractivity contribution in [2.24, 2.45) is 29.6 Å². The summed E-state index contributed by atoms with van der Waals surface area (Å²) < 4.78 is 21.9. The van der Waals surface area contributed by atoms with Gasteiger partial charge in [-0.3, -0.25) is 4.79 Å². The van der Waals surface area contributed by atoms with Crippen LogP contribution in [0, 0.1) is 29.6 Å². The molecular formula is C50H82O5Si3. The van der Waals surface area contributed by atoms with Crippen LogP contribution < -0.4 is 10.4 Å². The molecule has 0 aliphatic heterocycles. The van der Waals surface area contributed by atoms with E-state index in [-0.39, 0.29) is 34.5 Å². The smallest absolute Gasteiger partial charge is 0.261 e. The average molecular weight is 847 g/mol. The van der Waals surface area contributed by atoms with Gasteiger partial charge in [-0.1, -0.05) is 154 Å². The van der Waals surface area contributed by atoms with Crippen LogP contribution in [-0.4, -0.2) is 60.8 Å². The Kier molecular flexibility index (Phi) is 18.3. The largest absolute Gasteiger partial charge is 0.417 e. The summed E-state index contributed by atoms with van der Waals surface area (Å²) in [6.45, 7) is 28.3. The lowest BCUT2D eigenvalue weighted by Gasteiger charge is -2.44. The molecule has 324 valence electrons. The maximum Gasteiger partial charge on any atom is 0.261 e. The standard InChI is InChI=1S/C50H82O5Si3/c1-12-20-21-22-23-30-35-42-43(36-38-53-56(14-3,15-4)16-5)47-48(52)45(46(42)50(47,13-2)55-57(17-6,18-7)19-8)44(51)37-39-54-58(49(9,10)11,40-31-26-24-27-32-40)41-33-28-25-29-34-41/h12-13,20,24-29,31-34,42-47,51H,2,14-19,21-23,30,35-39H2,1,3-11H3/b20-12+/t42-,43-,44?,45-,46-,47+,50-/m1/s1. The minimum Gasteiger partial charge on any atom is -0.417 e. The molecule has 2 aliphatic carbocycles. The van der Waals surface area contributed by atoms with Crippen molar-refractivity contribution in [2.75, 3.05) is 13.2 Å². The van der Waals surface area contributed by atoms with E-state index in [9.17, 15) is 5.11 Å². The molecule has 7 atom stereocenters. The first-order valence-electron chi connectivity index (χ1n) is 23.4. The van der Waals surface area contributed by atoms with Crippen LogP contribution in [0.5, 0.6) is 0 Å². The number of fused-ring (bicyclic) bond motifs is 2. The number of unbranched alkanes of at least 4 members (excludes halogenated alkanes) is 3. The maximum atomic E-state index is 15.3. The number of allylic oxidation sites excluding steroid dienone is 2. The third-order valence-corrected chi connectivity index (χ3v) is 29.5. The van der Waals surface area contributed by atoms with Crippen molar-refractivity contribution in [1.82, 2.24) is 0 Å². The Bertz CT molecular complexity index is 1510. The molecule has 1 unspecified atom stereocenters. The third-order valence-electron chi connectivity index (χ3n) is 15.1. The Labute approximate surface area is 358 Å². The molecule has 5 nitrogen and oxygen atoms in total. The number of carbonyl (C=O) groups excluding carboxylic acids is 1. The second-order valence-corrected chi connectivity index (χ2v) is 32.4. The number of ketones is 1. The molecule has 0 radical (unpaired) electrons. The fraction of sp³-hybridized carbons (Fsp3) is 0.660. The molecule has 2 fully saturated rings. The Hall–Kier alpha value is -1.92. The molecule has 0 heterocycles. The van der Waals surface area contributed by atoms with E-state index in [0.717, 1.165) is 68.4 Å². The van der Waals surface area contributed by atoms with Gasteiger partial charge in [-0.2, -0.15) is 0 Å². The average Bonchev–Trinajstić information content (AvgIpc) is 3.64. The number of hydrogen-bond acceptors (Lipinski definition) is 5. The van der Waals surface area contributed by atoms with Crippen LogP contribution in [0.1, 0.15) is 114 Å². The number of benzene rings is 2. The topological polar surface area (TPSA) is 65.0 Å². The van der Waals surface area contributed by atoms with Gasteiger partial charge >= 0.3 is 0 Å². The normalized spacial score (nSPS) is 24.5. The Morgan fingerprint density at radius 1 is 0.759 bits per heavy atom. The highest BCUT2D eigenvalue weighted by atomic mass is 28.4. The van der Waals surface area contributed by atoms with Gasteiger partial charge in [0.2, 0.25) is 0 Å². The fourth-order valence-electron chi connectivity index (χ4n) is 11.5. The summed E-state index contributed by atoms with van der Waals surface area (Å²) in [5.41, 5.74) is -0.773. The van der Waals surface area contributed by atoms with E-state index in [2.05, 4.69) is 155 Å². The van der Waals surface area contributed by atoms with Crippen molar-refractivity contribution < 1.29 is 23.2 Å². The lowest BCUT2D eigenvalue weighted by Crippen LogP contribution is -2.66. The van der Waals surface area contributed by atoms with Gasteiger partial charge in [-0.25, -0.2) is 0 Å². The van der Waals surface area contributed by atoms with Crippen LogP contribution in [0.3, 0.4) is 0 Å². The van der Waals surface area contributed by atoms with Crippen molar-refractivity contribution in [3.05, 3.63) is 85.5 Å². The van der Waals surface area contributed by atoms with E-state index < -0.39 is 42.6 Å². The van der Waals surface area contributed by atoms with Crippen molar-refractivity contribution in [1.29, 1.82) is 0 Å². The molecule has 2 aromatic carbocycles. The van der Waals surface area contributed by atoms with Crippen molar-refractivity contribution in [3.8, 4) is 0 Å². The van der Waals surface area contributed by atoms with E-state index in [1.165, 1.54) is 16.8 Å². The molecule has 4 rings (SSSR count). The van der Waals surface area contributed by atoms with Crippen molar-refractivity contribution in [3.63, 3.8) is 0 Å². The van der Waals surface area contributed by atoms with Crippen LogP contribution in [-0.2, 0) is 18.1 Å². The van der Waals surface area contributed by atoms with Gasteiger partial charge in [0.05, 0.1) is 23.5 Å². The van der Waals surface area contributed by atoms with E-state index in [1.807, 2.05) is 0 Å². The Morgan fingerprint density at radius 2 is 1.31 bits per heavy atom. The number of hydrogen-bond donors (Lipinski definition) is 1. The minimum absolute atomic E-state index is 0.118. The van der Waals surface area contributed by atoms with Crippen LogP contribution in [0.15, 0.2) is 85.5 Å². The van der Waals surface area contributed by atoms with E-state index in [4.69, 9.17) is 13.3 Å². The van der Waals surface area contributed by atoms with Crippen LogP contribution >= 0.6 is 0 Å². The molecule has 58 heavy (non-hydrogen) atoms. The molecule has 0 saturated heterocycles. The number of Topliss-reactive ketones (excluding diaryl/α,β-unsaturated/α-hetero) is 1. The quantitative estimate of drug-likeness (QED) is 0.0580. The van der Waals surface area contributed by atoms with Gasteiger partial charge in [0.1, 0.15) is 5.78 Å². The molecule has 2 saturated carbocycles. The highest BCUT2D eigenvalue weighted by Crippen LogP contribution is 2.65. The van der Waals surface area contributed by atoms with Gasteiger partial charge in [-0.15, -0.1) is 6.58 Å². The first-order valence-corrected chi connectivity index (χ1v) is 30.3. The molecule has 8 heteroatoms. The monoisotopic (exact) mass is 847 g/mol. The number of aliphatic hydroxyl groups is 1. The predicted octanol–water partition coefficient (Wildman–Crippen LogP) is 11.9. The van der Waals surface area contributed by atoms with E-state index in [0.29, 0.717) is 19.6 Å². The summed E-state index contributed by atoms with van der Waals surface area (Å²) in [7, 11) is -6.83. The third kappa shape index (κ3) is 9.90. The molecule has 0 aromatic heterocycles. The molecule has 1 N–H and O–H groups in total. The van der Waals surface area contributed by atoms with E-state index >= 15 is 4.79 Å². The lowest BCUT2D eigenvalue weighted by atomic mass is 9.68. The van der Waals surface area contributed by atoms with Gasteiger partial charge in [0.25, 0.3) is 8.32 Å². The summed E-state index contributed by atoms with van der Waals surface area (Å²) in [4.78, 5) is 15.3. The summed E-state index contributed by atoms with van der Waals surface area (Å²) >= 11 is 0. The van der Waals surface area contributed by atoms with Gasteiger partial charge in [0.15, 0.2) is 16.6 Å². The number of aliphatic hydroxyl groups excluding tert-OH is 1. The zero-order valence-corrected chi connectivity index (χ0v) is 41.4. The lowest BCUT2D eigenvalue weighted by molar-refractivity contribution is -0.134. The first kappa shape index (κ1) is 48.7.